The highest BCUT2D eigenvalue weighted by molar-refractivity contribution is 5.91. The molecular weight excluding hydrogens is 277 g/mol. The number of halogens is 1. The number of esters is 1. The normalized spacial score (nSPS) is 10.3. The summed E-state index contributed by atoms with van der Waals surface area (Å²) in [6, 6.07) is 5.28. The van der Waals surface area contributed by atoms with Crippen LogP contribution in [0.2, 0.25) is 0 Å². The van der Waals surface area contributed by atoms with Crippen molar-refractivity contribution in [1.29, 1.82) is 0 Å². The molecule has 0 aliphatic carbocycles. The zero-order valence-electron chi connectivity index (χ0n) is 11.6. The van der Waals surface area contributed by atoms with Crippen molar-refractivity contribution in [2.45, 2.75) is 13.5 Å². The van der Waals surface area contributed by atoms with E-state index in [0.717, 1.165) is 6.07 Å². The van der Waals surface area contributed by atoms with E-state index in [2.05, 4.69) is 4.98 Å². The molecule has 6 heteroatoms. The van der Waals surface area contributed by atoms with E-state index in [1.165, 1.54) is 31.5 Å². The molecule has 0 radical (unpaired) electrons. The Morgan fingerprint density at radius 2 is 2.14 bits per heavy atom. The molecule has 2 rings (SSSR count). The molecule has 21 heavy (non-hydrogen) atoms. The van der Waals surface area contributed by atoms with Crippen LogP contribution in [0, 0.1) is 12.7 Å². The van der Waals surface area contributed by atoms with Crippen molar-refractivity contribution in [3.05, 3.63) is 53.1 Å². The third kappa shape index (κ3) is 3.35. The second-order valence-electron chi connectivity index (χ2n) is 4.34. The average molecular weight is 291 g/mol. The first kappa shape index (κ1) is 14.9. The number of ether oxygens (including phenoxy) is 2. The molecule has 0 amide bonds. The third-order valence-corrected chi connectivity index (χ3v) is 2.83. The van der Waals surface area contributed by atoms with Crippen LogP contribution in [0.1, 0.15) is 21.6 Å². The third-order valence-electron chi connectivity index (χ3n) is 2.83. The van der Waals surface area contributed by atoms with Crippen LogP contribution in [0.5, 0.6) is 11.5 Å². The maximum Gasteiger partial charge on any atom is 0.343 e. The van der Waals surface area contributed by atoms with Crippen LogP contribution in [0.4, 0.5) is 4.39 Å². The molecule has 0 bridgehead atoms. The number of nitrogens with zero attached hydrogens (tertiary/aromatic N) is 1. The number of aromatic nitrogens is 1. The smallest absolute Gasteiger partial charge is 0.343 e. The lowest BCUT2D eigenvalue weighted by Gasteiger charge is -2.12. The largest absolute Gasteiger partial charge is 0.493 e. The number of pyridine rings is 1. The van der Waals surface area contributed by atoms with Gasteiger partial charge in [0, 0.05) is 12.3 Å². The molecule has 0 aliphatic rings. The molecule has 1 aromatic carbocycles. The van der Waals surface area contributed by atoms with Crippen LogP contribution in [0.15, 0.2) is 30.5 Å². The van der Waals surface area contributed by atoms with Crippen LogP contribution < -0.4 is 9.47 Å². The maximum atomic E-state index is 13.3. The number of aliphatic hydroxyl groups excluding tert-OH is 1. The first-order chi connectivity index (χ1) is 10.0. The number of carbonyl (C=O) groups excluding carboxylic acids is 1. The van der Waals surface area contributed by atoms with Gasteiger partial charge in [-0.25, -0.2) is 9.18 Å². The summed E-state index contributed by atoms with van der Waals surface area (Å²) >= 11 is 0. The van der Waals surface area contributed by atoms with E-state index in [1.54, 1.807) is 6.92 Å². The first-order valence-electron chi connectivity index (χ1n) is 6.17. The van der Waals surface area contributed by atoms with E-state index in [9.17, 15) is 9.18 Å². The SMILES string of the molecule is COc1cc(F)cc(C)c1OC(=O)c1ccnc(CO)c1. The first-order valence-corrected chi connectivity index (χ1v) is 6.17. The minimum atomic E-state index is -0.639. The van der Waals surface area contributed by atoms with Gasteiger partial charge < -0.3 is 14.6 Å². The second-order valence-corrected chi connectivity index (χ2v) is 4.34. The zero-order chi connectivity index (χ0) is 15.4. The summed E-state index contributed by atoms with van der Waals surface area (Å²) in [7, 11) is 1.36. The molecule has 1 N–H and O–H groups in total. The molecule has 0 unspecified atom stereocenters. The monoisotopic (exact) mass is 291 g/mol. The number of aryl methyl sites for hydroxylation is 1. The van der Waals surface area contributed by atoms with Gasteiger partial charge in [0.15, 0.2) is 11.5 Å². The quantitative estimate of drug-likeness (QED) is 0.691. The summed E-state index contributed by atoms with van der Waals surface area (Å²) in [5.74, 6) is -0.820. The minimum absolute atomic E-state index is 0.136. The van der Waals surface area contributed by atoms with Gasteiger partial charge in [0.1, 0.15) is 5.82 Å². The number of hydrogen-bond acceptors (Lipinski definition) is 5. The van der Waals surface area contributed by atoms with Crippen LogP contribution in [-0.2, 0) is 6.61 Å². The van der Waals surface area contributed by atoms with Crippen molar-refractivity contribution < 1.29 is 23.8 Å². The Kier molecular flexibility index (Phi) is 4.49. The van der Waals surface area contributed by atoms with Crippen LogP contribution in [0.3, 0.4) is 0 Å². The Morgan fingerprint density at radius 3 is 2.81 bits per heavy atom. The Balaban J connectivity index is 2.31. The van der Waals surface area contributed by atoms with Crippen molar-refractivity contribution in [3.63, 3.8) is 0 Å². The van der Waals surface area contributed by atoms with Gasteiger partial charge in [-0.15, -0.1) is 0 Å². The predicted molar refractivity (Wildman–Crippen MR) is 72.8 cm³/mol. The Morgan fingerprint density at radius 1 is 1.38 bits per heavy atom. The maximum absolute atomic E-state index is 13.3. The Bertz CT molecular complexity index is 673. The van der Waals surface area contributed by atoms with E-state index in [1.807, 2.05) is 0 Å². The van der Waals surface area contributed by atoms with Gasteiger partial charge in [0.2, 0.25) is 0 Å². The molecule has 0 fully saturated rings. The number of benzene rings is 1. The fourth-order valence-electron chi connectivity index (χ4n) is 1.82. The average Bonchev–Trinajstić information content (AvgIpc) is 2.49. The summed E-state index contributed by atoms with van der Waals surface area (Å²) in [5.41, 5.74) is 1.03. The number of methoxy groups -OCH3 is 1. The summed E-state index contributed by atoms with van der Waals surface area (Å²) in [6.45, 7) is 1.33. The molecule has 0 aliphatic heterocycles. The van der Waals surface area contributed by atoms with Crippen molar-refractivity contribution in [2.24, 2.45) is 0 Å². The Labute approximate surface area is 121 Å². The van der Waals surface area contributed by atoms with Crippen molar-refractivity contribution in [1.82, 2.24) is 4.98 Å². The minimum Gasteiger partial charge on any atom is -0.493 e. The fourth-order valence-corrected chi connectivity index (χ4v) is 1.82. The number of rotatable bonds is 4. The summed E-state index contributed by atoms with van der Waals surface area (Å²) in [6.07, 6.45) is 1.40. The van der Waals surface area contributed by atoms with Gasteiger partial charge in [-0.2, -0.15) is 0 Å². The highest BCUT2D eigenvalue weighted by Gasteiger charge is 2.16. The summed E-state index contributed by atoms with van der Waals surface area (Å²) in [4.78, 5) is 16.0. The number of carbonyl (C=O) groups is 1. The van der Waals surface area contributed by atoms with Crippen LogP contribution in [0.25, 0.3) is 0 Å². The lowest BCUT2D eigenvalue weighted by molar-refractivity contribution is 0.0727. The lowest BCUT2D eigenvalue weighted by atomic mass is 10.2. The van der Waals surface area contributed by atoms with Crippen molar-refractivity contribution >= 4 is 5.97 Å². The van der Waals surface area contributed by atoms with Crippen LogP contribution in [-0.4, -0.2) is 23.2 Å². The van der Waals surface area contributed by atoms with Gasteiger partial charge >= 0.3 is 5.97 Å². The molecule has 0 atom stereocenters. The molecule has 0 saturated carbocycles. The molecular formula is C15H14FNO4. The van der Waals surface area contributed by atoms with Gasteiger partial charge in [-0.3, -0.25) is 4.98 Å². The number of hydrogen-bond donors (Lipinski definition) is 1. The molecule has 0 saturated heterocycles. The molecule has 5 nitrogen and oxygen atoms in total. The van der Waals surface area contributed by atoms with E-state index in [-0.39, 0.29) is 23.7 Å². The van der Waals surface area contributed by atoms with Gasteiger partial charge in [-0.05, 0) is 30.7 Å². The topological polar surface area (TPSA) is 68.7 Å². The molecule has 110 valence electrons. The highest BCUT2D eigenvalue weighted by atomic mass is 19.1. The zero-order valence-corrected chi connectivity index (χ0v) is 11.6. The summed E-state index contributed by atoms with van der Waals surface area (Å²) in [5, 5.41) is 9.01. The second kappa shape index (κ2) is 6.32. The Hall–Kier alpha value is -2.47. The molecule has 1 heterocycles. The molecule has 1 aromatic heterocycles. The van der Waals surface area contributed by atoms with Crippen molar-refractivity contribution in [3.8, 4) is 11.5 Å². The van der Waals surface area contributed by atoms with Gasteiger partial charge in [0.25, 0.3) is 0 Å². The van der Waals surface area contributed by atoms with E-state index in [4.69, 9.17) is 14.6 Å². The van der Waals surface area contributed by atoms with E-state index < -0.39 is 11.8 Å². The molecule has 0 spiro atoms. The van der Waals surface area contributed by atoms with Crippen LogP contribution >= 0.6 is 0 Å². The highest BCUT2D eigenvalue weighted by Crippen LogP contribution is 2.32. The number of aliphatic hydroxyl groups is 1. The summed E-state index contributed by atoms with van der Waals surface area (Å²) < 4.78 is 23.6. The van der Waals surface area contributed by atoms with Gasteiger partial charge in [0.05, 0.1) is 25.0 Å². The van der Waals surface area contributed by atoms with Gasteiger partial charge in [-0.1, -0.05) is 0 Å². The lowest BCUT2D eigenvalue weighted by Crippen LogP contribution is -2.11. The fraction of sp³-hybridized carbons (Fsp3) is 0.200. The standard InChI is InChI=1S/C15H14FNO4/c1-9-5-11(16)7-13(20-2)14(9)21-15(19)10-3-4-17-12(6-10)8-18/h3-7,18H,8H2,1-2H3. The van der Waals surface area contributed by atoms with E-state index >= 15 is 0 Å². The van der Waals surface area contributed by atoms with E-state index in [0.29, 0.717) is 11.3 Å². The predicted octanol–water partition coefficient (Wildman–Crippen LogP) is 2.25. The molecule has 2 aromatic rings. The van der Waals surface area contributed by atoms with Crippen molar-refractivity contribution in [2.75, 3.05) is 7.11 Å².